The Bertz CT molecular complexity index is 906. The van der Waals surface area contributed by atoms with E-state index in [0.29, 0.717) is 28.0 Å². The summed E-state index contributed by atoms with van der Waals surface area (Å²) in [5.74, 6) is -0.101. The molecule has 4 heteroatoms. The SMILES string of the molecule is COc1c(-c2ccccc2F)ccc(-c2cc(Br)ccc2F)c1C. The molecule has 3 rings (SSSR count). The van der Waals surface area contributed by atoms with E-state index in [1.54, 1.807) is 42.5 Å². The highest BCUT2D eigenvalue weighted by atomic mass is 79.9. The Morgan fingerprint density at radius 1 is 0.792 bits per heavy atom. The van der Waals surface area contributed by atoms with E-state index in [-0.39, 0.29) is 11.6 Å². The molecule has 0 aliphatic heterocycles. The second-order valence-electron chi connectivity index (χ2n) is 5.42. The van der Waals surface area contributed by atoms with Crippen LogP contribution in [0.1, 0.15) is 5.56 Å². The molecule has 0 saturated carbocycles. The Balaban J connectivity index is 2.23. The maximum absolute atomic E-state index is 14.2. The number of halogens is 3. The minimum Gasteiger partial charge on any atom is -0.496 e. The van der Waals surface area contributed by atoms with Crippen molar-refractivity contribution in [3.63, 3.8) is 0 Å². The molecule has 0 aliphatic carbocycles. The van der Waals surface area contributed by atoms with Crippen molar-refractivity contribution in [1.29, 1.82) is 0 Å². The smallest absolute Gasteiger partial charge is 0.131 e. The van der Waals surface area contributed by atoms with E-state index in [4.69, 9.17) is 4.74 Å². The van der Waals surface area contributed by atoms with Crippen LogP contribution in [0.2, 0.25) is 0 Å². The van der Waals surface area contributed by atoms with Crippen LogP contribution in [0.5, 0.6) is 5.75 Å². The lowest BCUT2D eigenvalue weighted by Crippen LogP contribution is -1.96. The molecule has 0 saturated heterocycles. The number of benzene rings is 3. The van der Waals surface area contributed by atoms with Crippen molar-refractivity contribution in [2.24, 2.45) is 0 Å². The summed E-state index contributed by atoms with van der Waals surface area (Å²) in [7, 11) is 1.54. The molecule has 0 heterocycles. The second kappa shape index (κ2) is 6.73. The van der Waals surface area contributed by atoms with E-state index < -0.39 is 0 Å². The highest BCUT2D eigenvalue weighted by molar-refractivity contribution is 9.10. The summed E-state index contributed by atoms with van der Waals surface area (Å²) < 4.78 is 34.7. The van der Waals surface area contributed by atoms with Crippen molar-refractivity contribution in [2.45, 2.75) is 6.92 Å². The summed E-state index contributed by atoms with van der Waals surface area (Å²) in [6, 6.07) is 14.9. The lowest BCUT2D eigenvalue weighted by Gasteiger charge is -2.16. The van der Waals surface area contributed by atoms with E-state index in [0.717, 1.165) is 10.0 Å². The van der Waals surface area contributed by atoms with Gasteiger partial charge in [-0.2, -0.15) is 0 Å². The zero-order valence-electron chi connectivity index (χ0n) is 13.2. The molecule has 3 aromatic carbocycles. The Labute approximate surface area is 148 Å². The fraction of sp³-hybridized carbons (Fsp3) is 0.100. The minimum absolute atomic E-state index is 0.318. The third kappa shape index (κ3) is 2.94. The molecule has 0 atom stereocenters. The predicted molar refractivity (Wildman–Crippen MR) is 96.2 cm³/mol. The lowest BCUT2D eigenvalue weighted by molar-refractivity contribution is 0.413. The zero-order valence-corrected chi connectivity index (χ0v) is 14.8. The second-order valence-corrected chi connectivity index (χ2v) is 6.34. The highest BCUT2D eigenvalue weighted by Crippen LogP contribution is 2.40. The Kier molecular flexibility index (Phi) is 4.67. The first-order chi connectivity index (χ1) is 11.5. The van der Waals surface area contributed by atoms with E-state index in [2.05, 4.69) is 15.9 Å². The summed E-state index contributed by atoms with van der Waals surface area (Å²) in [5.41, 5.74) is 3.05. The van der Waals surface area contributed by atoms with Crippen molar-refractivity contribution >= 4 is 15.9 Å². The average Bonchev–Trinajstić information content (AvgIpc) is 2.57. The molecule has 0 unspecified atom stereocenters. The molecule has 1 nitrogen and oxygen atoms in total. The molecule has 0 aromatic heterocycles. The van der Waals surface area contributed by atoms with Gasteiger partial charge in [0.2, 0.25) is 0 Å². The van der Waals surface area contributed by atoms with E-state index >= 15 is 0 Å². The van der Waals surface area contributed by atoms with Crippen LogP contribution in [-0.4, -0.2) is 7.11 Å². The van der Waals surface area contributed by atoms with Crippen LogP contribution < -0.4 is 4.74 Å². The predicted octanol–water partition coefficient (Wildman–Crippen LogP) is 6.38. The molecule has 0 fully saturated rings. The molecule has 0 aliphatic rings. The van der Waals surface area contributed by atoms with Gasteiger partial charge in [0.1, 0.15) is 17.4 Å². The third-order valence-corrected chi connectivity index (χ3v) is 4.49. The number of methoxy groups -OCH3 is 1. The molecular weight excluding hydrogens is 374 g/mol. The summed E-state index contributed by atoms with van der Waals surface area (Å²) in [6.45, 7) is 1.85. The maximum atomic E-state index is 14.2. The first kappa shape index (κ1) is 16.7. The fourth-order valence-corrected chi connectivity index (χ4v) is 3.20. The number of rotatable bonds is 3. The topological polar surface area (TPSA) is 9.23 Å². The zero-order chi connectivity index (χ0) is 17.3. The van der Waals surface area contributed by atoms with Crippen LogP contribution in [0.4, 0.5) is 8.78 Å². The van der Waals surface area contributed by atoms with Crippen LogP contribution in [0, 0.1) is 18.6 Å². The molecule has 0 bridgehead atoms. The molecule has 0 spiro atoms. The van der Waals surface area contributed by atoms with Crippen molar-refractivity contribution in [1.82, 2.24) is 0 Å². The van der Waals surface area contributed by atoms with Crippen LogP contribution >= 0.6 is 15.9 Å². The summed E-state index contributed by atoms with van der Waals surface area (Å²) in [4.78, 5) is 0. The van der Waals surface area contributed by atoms with Crippen molar-refractivity contribution in [3.8, 4) is 28.0 Å². The van der Waals surface area contributed by atoms with Gasteiger partial charge < -0.3 is 4.74 Å². The summed E-state index contributed by atoms with van der Waals surface area (Å²) in [6.07, 6.45) is 0. The minimum atomic E-state index is -0.323. The van der Waals surface area contributed by atoms with Crippen molar-refractivity contribution < 1.29 is 13.5 Å². The first-order valence-electron chi connectivity index (χ1n) is 7.41. The van der Waals surface area contributed by atoms with Gasteiger partial charge in [-0.05, 0) is 48.4 Å². The monoisotopic (exact) mass is 388 g/mol. The van der Waals surface area contributed by atoms with Gasteiger partial charge in [-0.3, -0.25) is 0 Å². The molecule has 3 aromatic rings. The quantitative estimate of drug-likeness (QED) is 0.505. The van der Waals surface area contributed by atoms with Crippen LogP contribution in [0.25, 0.3) is 22.3 Å². The number of hydrogen-bond acceptors (Lipinski definition) is 1. The lowest BCUT2D eigenvalue weighted by atomic mass is 9.94. The Morgan fingerprint density at radius 3 is 2.17 bits per heavy atom. The molecule has 0 amide bonds. The first-order valence-corrected chi connectivity index (χ1v) is 8.20. The van der Waals surface area contributed by atoms with Gasteiger partial charge in [-0.1, -0.05) is 40.2 Å². The van der Waals surface area contributed by atoms with E-state index in [1.165, 1.54) is 19.2 Å². The van der Waals surface area contributed by atoms with Crippen LogP contribution in [-0.2, 0) is 0 Å². The molecule has 24 heavy (non-hydrogen) atoms. The van der Waals surface area contributed by atoms with Gasteiger partial charge in [-0.25, -0.2) is 8.78 Å². The van der Waals surface area contributed by atoms with Crippen LogP contribution in [0.15, 0.2) is 59.1 Å². The third-order valence-electron chi connectivity index (χ3n) is 3.99. The number of ether oxygens (including phenoxy) is 1. The van der Waals surface area contributed by atoms with Gasteiger partial charge in [0.15, 0.2) is 0 Å². The standard InChI is InChI=1S/C20H15BrF2O/c1-12-14(17-11-13(21)7-10-19(17)23)8-9-16(20(12)24-2)15-5-3-4-6-18(15)22/h3-11H,1-2H3. The van der Waals surface area contributed by atoms with Crippen LogP contribution in [0.3, 0.4) is 0 Å². The molecule has 0 N–H and O–H groups in total. The summed E-state index contributed by atoms with van der Waals surface area (Å²) in [5, 5.41) is 0. The molecular formula is C20H15BrF2O. The molecule has 0 radical (unpaired) electrons. The summed E-state index contributed by atoms with van der Waals surface area (Å²) >= 11 is 3.37. The van der Waals surface area contributed by atoms with E-state index in [9.17, 15) is 8.78 Å². The fourth-order valence-electron chi connectivity index (χ4n) is 2.84. The van der Waals surface area contributed by atoms with Gasteiger partial charge in [0.05, 0.1) is 7.11 Å². The highest BCUT2D eigenvalue weighted by Gasteiger charge is 2.17. The Hall–Kier alpha value is -2.20. The van der Waals surface area contributed by atoms with Crippen molar-refractivity contribution in [3.05, 3.63) is 76.3 Å². The normalized spacial score (nSPS) is 10.7. The largest absolute Gasteiger partial charge is 0.496 e. The van der Waals surface area contributed by atoms with Gasteiger partial charge in [-0.15, -0.1) is 0 Å². The van der Waals surface area contributed by atoms with Crippen molar-refractivity contribution in [2.75, 3.05) is 7.11 Å². The molecule has 122 valence electrons. The Morgan fingerprint density at radius 2 is 1.46 bits per heavy atom. The number of hydrogen-bond donors (Lipinski definition) is 0. The van der Waals surface area contributed by atoms with E-state index in [1.807, 2.05) is 6.92 Å². The van der Waals surface area contributed by atoms with Gasteiger partial charge in [0, 0.05) is 21.2 Å². The average molecular weight is 389 g/mol. The van der Waals surface area contributed by atoms with Gasteiger partial charge >= 0.3 is 0 Å². The maximum Gasteiger partial charge on any atom is 0.131 e. The van der Waals surface area contributed by atoms with Gasteiger partial charge in [0.25, 0.3) is 0 Å².